The van der Waals surface area contributed by atoms with E-state index in [1.165, 1.54) is 12.1 Å². The van der Waals surface area contributed by atoms with Gasteiger partial charge in [0.2, 0.25) is 0 Å². The number of rotatable bonds is 3. The maximum atomic E-state index is 10.4. The Morgan fingerprint density at radius 1 is 1.12 bits per heavy atom. The first-order chi connectivity index (χ1) is 7.75. The van der Waals surface area contributed by atoms with Gasteiger partial charge in [0.25, 0.3) is 5.69 Å². The molecule has 1 aromatic carbocycles. The molecule has 0 saturated heterocycles. The predicted molar refractivity (Wildman–Crippen MR) is 63.9 cm³/mol. The average molecular weight is 213 g/mol. The molecule has 0 unspecified atom stereocenters. The van der Waals surface area contributed by atoms with Crippen LogP contribution in [0.25, 0.3) is 6.08 Å². The van der Waals surface area contributed by atoms with Crippen molar-refractivity contribution in [1.29, 1.82) is 0 Å². The van der Waals surface area contributed by atoms with Crippen LogP contribution in [0.15, 0.2) is 54.6 Å². The molecule has 16 heavy (non-hydrogen) atoms. The molecular formula is C13H11NO2. The predicted octanol–water partition coefficient (Wildman–Crippen LogP) is 3.35. The summed E-state index contributed by atoms with van der Waals surface area (Å²) < 4.78 is 0. The van der Waals surface area contributed by atoms with E-state index < -0.39 is 4.92 Å². The normalized spacial score (nSPS) is 15.0. The molecule has 3 heteroatoms. The molecule has 1 aliphatic carbocycles. The van der Waals surface area contributed by atoms with Gasteiger partial charge in [-0.2, -0.15) is 0 Å². The van der Waals surface area contributed by atoms with E-state index in [1.807, 2.05) is 18.2 Å². The lowest BCUT2D eigenvalue weighted by molar-refractivity contribution is -0.384. The largest absolute Gasteiger partial charge is 0.269 e. The first-order valence-electron chi connectivity index (χ1n) is 5.03. The molecule has 0 saturated carbocycles. The summed E-state index contributed by atoms with van der Waals surface area (Å²) in [7, 11) is 0. The SMILES string of the molecule is O=[N+]([O-])c1ccc(/C=C\C2C=CC=C2)cc1. The third-order valence-corrected chi connectivity index (χ3v) is 2.39. The van der Waals surface area contributed by atoms with Crippen LogP contribution in [0.5, 0.6) is 0 Å². The summed E-state index contributed by atoms with van der Waals surface area (Å²) in [6.45, 7) is 0. The Morgan fingerprint density at radius 3 is 2.31 bits per heavy atom. The van der Waals surface area contributed by atoms with Crippen molar-refractivity contribution in [2.45, 2.75) is 0 Å². The molecule has 0 atom stereocenters. The van der Waals surface area contributed by atoms with Crippen LogP contribution in [-0.2, 0) is 0 Å². The highest BCUT2D eigenvalue weighted by molar-refractivity contribution is 5.53. The number of hydrogen-bond donors (Lipinski definition) is 0. The molecule has 0 aliphatic heterocycles. The van der Waals surface area contributed by atoms with E-state index in [4.69, 9.17) is 0 Å². The minimum absolute atomic E-state index is 0.123. The van der Waals surface area contributed by atoms with Gasteiger partial charge in [0.1, 0.15) is 0 Å². The fraction of sp³-hybridized carbons (Fsp3) is 0.0769. The molecule has 3 nitrogen and oxygen atoms in total. The Morgan fingerprint density at radius 2 is 1.75 bits per heavy atom. The van der Waals surface area contributed by atoms with Crippen LogP contribution in [-0.4, -0.2) is 4.92 Å². The van der Waals surface area contributed by atoms with Gasteiger partial charge in [-0.3, -0.25) is 10.1 Å². The van der Waals surface area contributed by atoms with Crippen LogP contribution >= 0.6 is 0 Å². The molecule has 0 aromatic heterocycles. The van der Waals surface area contributed by atoms with Crippen molar-refractivity contribution in [3.63, 3.8) is 0 Å². The van der Waals surface area contributed by atoms with Crippen molar-refractivity contribution in [2.75, 3.05) is 0 Å². The van der Waals surface area contributed by atoms with Crippen molar-refractivity contribution in [1.82, 2.24) is 0 Å². The van der Waals surface area contributed by atoms with Crippen molar-refractivity contribution in [3.05, 3.63) is 70.3 Å². The summed E-state index contributed by atoms with van der Waals surface area (Å²) in [5.74, 6) is 0.343. The molecular weight excluding hydrogens is 202 g/mol. The summed E-state index contributed by atoms with van der Waals surface area (Å²) in [5, 5.41) is 10.4. The molecule has 0 spiro atoms. The number of non-ortho nitro benzene ring substituents is 1. The highest BCUT2D eigenvalue weighted by atomic mass is 16.6. The van der Waals surface area contributed by atoms with Crippen molar-refractivity contribution < 1.29 is 4.92 Å². The molecule has 0 radical (unpaired) electrons. The second-order valence-corrected chi connectivity index (χ2v) is 3.55. The van der Waals surface area contributed by atoms with E-state index in [-0.39, 0.29) is 5.69 Å². The van der Waals surface area contributed by atoms with Gasteiger partial charge < -0.3 is 0 Å². The number of allylic oxidation sites excluding steroid dienone is 5. The van der Waals surface area contributed by atoms with Crippen molar-refractivity contribution >= 4 is 11.8 Å². The zero-order valence-electron chi connectivity index (χ0n) is 8.61. The fourth-order valence-corrected chi connectivity index (χ4v) is 1.51. The summed E-state index contributed by atoms with van der Waals surface area (Å²) in [5.41, 5.74) is 1.09. The van der Waals surface area contributed by atoms with Gasteiger partial charge in [-0.25, -0.2) is 0 Å². The average Bonchev–Trinajstić information content (AvgIpc) is 2.80. The number of nitrogens with zero attached hydrogens (tertiary/aromatic N) is 1. The Bertz CT molecular complexity index is 457. The van der Waals surface area contributed by atoms with Crippen LogP contribution in [0.2, 0.25) is 0 Å². The minimum Gasteiger partial charge on any atom is -0.258 e. The number of hydrogen-bond acceptors (Lipinski definition) is 2. The Hall–Kier alpha value is -2.16. The van der Waals surface area contributed by atoms with Gasteiger partial charge in [-0.1, -0.05) is 36.5 Å². The Kier molecular flexibility index (Phi) is 2.96. The van der Waals surface area contributed by atoms with E-state index in [0.29, 0.717) is 5.92 Å². The second kappa shape index (κ2) is 4.57. The second-order valence-electron chi connectivity index (χ2n) is 3.55. The monoisotopic (exact) mass is 213 g/mol. The Balaban J connectivity index is 2.07. The molecule has 80 valence electrons. The summed E-state index contributed by atoms with van der Waals surface area (Å²) in [6.07, 6.45) is 12.2. The van der Waals surface area contributed by atoms with Crippen molar-refractivity contribution in [2.24, 2.45) is 5.92 Å². The zero-order chi connectivity index (χ0) is 11.4. The number of nitro groups is 1. The van der Waals surface area contributed by atoms with E-state index in [9.17, 15) is 10.1 Å². The maximum Gasteiger partial charge on any atom is 0.269 e. The topological polar surface area (TPSA) is 43.1 Å². The summed E-state index contributed by atoms with van der Waals surface area (Å²) in [4.78, 5) is 10.1. The van der Waals surface area contributed by atoms with Crippen LogP contribution in [0.3, 0.4) is 0 Å². The van der Waals surface area contributed by atoms with Gasteiger partial charge in [0, 0.05) is 18.1 Å². The lowest BCUT2D eigenvalue weighted by Gasteiger charge is -1.96. The molecule has 1 aliphatic rings. The van der Waals surface area contributed by atoms with Gasteiger partial charge in [-0.05, 0) is 17.7 Å². The Labute approximate surface area is 93.6 Å². The molecule has 0 fully saturated rings. The standard InChI is InChI=1S/C13H11NO2/c15-14(16)13-9-7-12(8-10-13)6-5-11-3-1-2-4-11/h1-11H/b6-5-. The van der Waals surface area contributed by atoms with E-state index in [2.05, 4.69) is 18.2 Å². The molecule has 0 amide bonds. The number of benzene rings is 1. The van der Waals surface area contributed by atoms with Crippen molar-refractivity contribution in [3.8, 4) is 0 Å². The maximum absolute atomic E-state index is 10.4. The van der Waals surface area contributed by atoms with Gasteiger partial charge in [-0.15, -0.1) is 0 Å². The van der Waals surface area contributed by atoms with E-state index in [1.54, 1.807) is 12.1 Å². The molecule has 0 bridgehead atoms. The zero-order valence-corrected chi connectivity index (χ0v) is 8.61. The first kappa shape index (κ1) is 10.4. The third-order valence-electron chi connectivity index (χ3n) is 2.39. The lowest BCUT2D eigenvalue weighted by atomic mass is 10.1. The smallest absolute Gasteiger partial charge is 0.258 e. The van der Waals surface area contributed by atoms with Gasteiger partial charge in [0.15, 0.2) is 0 Å². The third kappa shape index (κ3) is 2.45. The molecule has 1 aromatic rings. The molecule has 0 N–H and O–H groups in total. The van der Waals surface area contributed by atoms with E-state index in [0.717, 1.165) is 5.56 Å². The van der Waals surface area contributed by atoms with Gasteiger partial charge in [0.05, 0.1) is 4.92 Å². The quantitative estimate of drug-likeness (QED) is 0.570. The lowest BCUT2D eigenvalue weighted by Crippen LogP contribution is -1.87. The van der Waals surface area contributed by atoms with Crippen LogP contribution < -0.4 is 0 Å². The summed E-state index contributed by atoms with van der Waals surface area (Å²) >= 11 is 0. The van der Waals surface area contributed by atoms with Crippen LogP contribution in [0, 0.1) is 16.0 Å². The van der Waals surface area contributed by atoms with Gasteiger partial charge >= 0.3 is 0 Å². The highest BCUT2D eigenvalue weighted by Gasteiger charge is 2.02. The van der Waals surface area contributed by atoms with Crippen LogP contribution in [0.1, 0.15) is 5.56 Å². The first-order valence-corrected chi connectivity index (χ1v) is 5.03. The number of nitro benzene ring substituents is 1. The molecule has 2 rings (SSSR count). The minimum atomic E-state index is -0.393. The fourth-order valence-electron chi connectivity index (χ4n) is 1.51. The van der Waals surface area contributed by atoms with Crippen LogP contribution in [0.4, 0.5) is 5.69 Å². The highest BCUT2D eigenvalue weighted by Crippen LogP contribution is 2.15. The van der Waals surface area contributed by atoms with E-state index >= 15 is 0 Å². The molecule has 0 heterocycles. The summed E-state index contributed by atoms with van der Waals surface area (Å²) in [6, 6.07) is 6.52.